The number of anilines is 1. The van der Waals surface area contributed by atoms with Crippen molar-refractivity contribution >= 4 is 11.6 Å². The lowest BCUT2D eigenvalue weighted by Gasteiger charge is -2.30. The van der Waals surface area contributed by atoms with Gasteiger partial charge >= 0.3 is 0 Å². The average molecular weight is 361 g/mol. The van der Waals surface area contributed by atoms with Crippen LogP contribution < -0.4 is 10.6 Å². The fraction of sp³-hybridized carbons (Fsp3) is 0.316. The monoisotopic (exact) mass is 361 g/mol. The molecule has 138 valence electrons. The van der Waals surface area contributed by atoms with E-state index in [1.165, 1.54) is 24.3 Å². The zero-order valence-corrected chi connectivity index (χ0v) is 14.4. The maximum absolute atomic E-state index is 13.5. The van der Waals surface area contributed by atoms with Crippen LogP contribution in [0.15, 0.2) is 42.5 Å². The van der Waals surface area contributed by atoms with Crippen LogP contribution >= 0.6 is 0 Å². The molecule has 3 rings (SSSR count). The van der Waals surface area contributed by atoms with E-state index >= 15 is 0 Å². The van der Waals surface area contributed by atoms with Crippen molar-refractivity contribution in [2.75, 3.05) is 25.5 Å². The molecular weight excluding hydrogens is 340 g/mol. The van der Waals surface area contributed by atoms with Gasteiger partial charge in [0.1, 0.15) is 22.9 Å². The molecule has 0 aliphatic carbocycles. The van der Waals surface area contributed by atoms with Gasteiger partial charge in [0.25, 0.3) is 0 Å². The SMILES string of the molecule is CNC(=O)C1(Nc2cccc(F)c2)CCN(Cc2ccc(F)cc2O)C1. The number of rotatable bonds is 5. The number of nitrogens with zero attached hydrogens (tertiary/aromatic N) is 1. The molecule has 3 N–H and O–H groups in total. The van der Waals surface area contributed by atoms with Gasteiger partial charge in [0, 0.05) is 44.0 Å². The van der Waals surface area contributed by atoms with Crippen molar-refractivity contribution < 1.29 is 18.7 Å². The molecule has 0 bridgehead atoms. The number of hydrogen-bond donors (Lipinski definition) is 3. The summed E-state index contributed by atoms with van der Waals surface area (Å²) >= 11 is 0. The summed E-state index contributed by atoms with van der Waals surface area (Å²) < 4.78 is 26.6. The smallest absolute Gasteiger partial charge is 0.246 e. The van der Waals surface area contributed by atoms with Gasteiger partial charge in [-0.05, 0) is 30.7 Å². The first kappa shape index (κ1) is 18.1. The maximum atomic E-state index is 13.5. The molecule has 1 atom stereocenters. The lowest BCUT2D eigenvalue weighted by Crippen LogP contribution is -2.53. The van der Waals surface area contributed by atoms with Gasteiger partial charge in [-0.1, -0.05) is 12.1 Å². The number of phenolic OH excluding ortho intramolecular Hbond substituents is 1. The number of nitrogens with one attached hydrogen (secondary N) is 2. The second-order valence-electron chi connectivity index (χ2n) is 6.53. The van der Waals surface area contributed by atoms with Crippen LogP contribution in [0.25, 0.3) is 0 Å². The summed E-state index contributed by atoms with van der Waals surface area (Å²) in [5, 5.41) is 15.7. The number of benzene rings is 2. The second-order valence-corrected chi connectivity index (χ2v) is 6.53. The normalized spacial score (nSPS) is 20.1. The Morgan fingerprint density at radius 3 is 2.69 bits per heavy atom. The molecule has 1 aliphatic rings. The van der Waals surface area contributed by atoms with Gasteiger partial charge in [0.2, 0.25) is 5.91 Å². The number of likely N-dealkylation sites (tertiary alicyclic amines) is 1. The molecule has 0 radical (unpaired) electrons. The highest BCUT2D eigenvalue weighted by Crippen LogP contribution is 2.29. The van der Waals surface area contributed by atoms with Crippen molar-refractivity contribution in [2.24, 2.45) is 0 Å². The van der Waals surface area contributed by atoms with Gasteiger partial charge in [-0.3, -0.25) is 9.69 Å². The number of likely N-dealkylation sites (N-methyl/N-ethyl adjacent to an activating group) is 1. The largest absolute Gasteiger partial charge is 0.508 e. The molecule has 5 nitrogen and oxygen atoms in total. The number of carbonyl (C=O) groups is 1. The third-order valence-corrected chi connectivity index (χ3v) is 4.66. The van der Waals surface area contributed by atoms with Crippen LogP contribution in [0, 0.1) is 11.6 Å². The molecule has 0 spiro atoms. The number of amides is 1. The van der Waals surface area contributed by atoms with Crippen LogP contribution in [-0.4, -0.2) is 41.6 Å². The van der Waals surface area contributed by atoms with Crippen molar-refractivity contribution in [1.82, 2.24) is 10.2 Å². The minimum atomic E-state index is -0.905. The summed E-state index contributed by atoms with van der Waals surface area (Å²) in [6.45, 7) is 1.36. The molecule has 1 unspecified atom stereocenters. The standard InChI is InChI=1S/C19H21F2N3O2/c1-22-18(26)19(23-16-4-2-3-14(20)9-16)7-8-24(12-19)11-13-5-6-15(21)10-17(13)25/h2-6,9-10,23,25H,7-8,11-12H2,1H3,(H,22,26). The summed E-state index contributed by atoms with van der Waals surface area (Å²) in [5.41, 5.74) is 0.211. The molecule has 0 saturated carbocycles. The molecule has 26 heavy (non-hydrogen) atoms. The molecule has 0 aromatic heterocycles. The van der Waals surface area contributed by atoms with Crippen molar-refractivity contribution in [3.8, 4) is 5.75 Å². The minimum Gasteiger partial charge on any atom is -0.508 e. The van der Waals surface area contributed by atoms with Crippen LogP contribution in [0.5, 0.6) is 5.75 Å². The molecule has 1 heterocycles. The van der Waals surface area contributed by atoms with Gasteiger partial charge in [0.15, 0.2) is 0 Å². The fourth-order valence-corrected chi connectivity index (χ4v) is 3.36. The number of phenols is 1. The predicted octanol–water partition coefficient (Wildman–Crippen LogP) is 2.47. The van der Waals surface area contributed by atoms with Gasteiger partial charge in [-0.2, -0.15) is 0 Å². The Morgan fingerprint density at radius 1 is 1.23 bits per heavy atom. The van der Waals surface area contributed by atoms with Crippen LogP contribution in [0.1, 0.15) is 12.0 Å². The maximum Gasteiger partial charge on any atom is 0.246 e. The Kier molecular flexibility index (Phi) is 5.08. The summed E-state index contributed by atoms with van der Waals surface area (Å²) in [4.78, 5) is 14.5. The highest BCUT2D eigenvalue weighted by atomic mass is 19.1. The van der Waals surface area contributed by atoms with E-state index in [0.29, 0.717) is 37.3 Å². The van der Waals surface area contributed by atoms with E-state index < -0.39 is 11.4 Å². The van der Waals surface area contributed by atoms with Crippen molar-refractivity contribution in [1.29, 1.82) is 0 Å². The van der Waals surface area contributed by atoms with Gasteiger partial charge in [0.05, 0.1) is 0 Å². The molecule has 7 heteroatoms. The Labute approximate surface area is 150 Å². The lowest BCUT2D eigenvalue weighted by molar-refractivity contribution is -0.124. The Bertz CT molecular complexity index is 815. The zero-order chi connectivity index (χ0) is 18.7. The second kappa shape index (κ2) is 7.29. The molecule has 1 aliphatic heterocycles. The van der Waals surface area contributed by atoms with Crippen molar-refractivity contribution in [2.45, 2.75) is 18.5 Å². The molecule has 2 aromatic carbocycles. The quantitative estimate of drug-likeness (QED) is 0.766. The van der Waals surface area contributed by atoms with Gasteiger partial charge in [-0.15, -0.1) is 0 Å². The summed E-state index contributed by atoms with van der Waals surface area (Å²) in [6.07, 6.45) is 0.519. The predicted molar refractivity (Wildman–Crippen MR) is 94.8 cm³/mol. The van der Waals surface area contributed by atoms with E-state index in [4.69, 9.17) is 0 Å². The summed E-state index contributed by atoms with van der Waals surface area (Å²) in [5.74, 6) is -1.18. The summed E-state index contributed by atoms with van der Waals surface area (Å²) in [6, 6.07) is 9.88. The average Bonchev–Trinajstić information content (AvgIpc) is 3.00. The molecular formula is C19H21F2N3O2. The number of halogens is 2. The molecule has 2 aromatic rings. The van der Waals surface area contributed by atoms with Crippen molar-refractivity contribution in [3.63, 3.8) is 0 Å². The van der Waals surface area contributed by atoms with Crippen LogP contribution in [0.4, 0.5) is 14.5 Å². The minimum absolute atomic E-state index is 0.111. The van der Waals surface area contributed by atoms with Crippen LogP contribution in [0.3, 0.4) is 0 Å². The van der Waals surface area contributed by atoms with E-state index in [1.54, 1.807) is 19.2 Å². The van der Waals surface area contributed by atoms with E-state index in [1.807, 2.05) is 4.90 Å². The first-order chi connectivity index (χ1) is 12.4. The summed E-state index contributed by atoms with van der Waals surface area (Å²) in [7, 11) is 1.56. The first-order valence-corrected chi connectivity index (χ1v) is 8.37. The Balaban J connectivity index is 1.78. The number of carbonyl (C=O) groups excluding carboxylic acids is 1. The van der Waals surface area contributed by atoms with Gasteiger partial charge < -0.3 is 15.7 Å². The topological polar surface area (TPSA) is 64.6 Å². The van der Waals surface area contributed by atoms with E-state index in [0.717, 1.165) is 6.07 Å². The van der Waals surface area contributed by atoms with Crippen LogP contribution in [-0.2, 0) is 11.3 Å². The Morgan fingerprint density at radius 2 is 2.00 bits per heavy atom. The lowest BCUT2D eigenvalue weighted by atomic mass is 9.96. The third-order valence-electron chi connectivity index (χ3n) is 4.66. The van der Waals surface area contributed by atoms with E-state index in [2.05, 4.69) is 10.6 Å². The molecule has 1 fully saturated rings. The van der Waals surface area contributed by atoms with E-state index in [-0.39, 0.29) is 17.5 Å². The highest BCUT2D eigenvalue weighted by molar-refractivity contribution is 5.90. The van der Waals surface area contributed by atoms with Gasteiger partial charge in [-0.25, -0.2) is 8.78 Å². The molecule has 1 saturated heterocycles. The fourth-order valence-electron chi connectivity index (χ4n) is 3.36. The third kappa shape index (κ3) is 3.77. The molecule has 1 amide bonds. The zero-order valence-electron chi connectivity index (χ0n) is 14.4. The van der Waals surface area contributed by atoms with Crippen molar-refractivity contribution in [3.05, 3.63) is 59.7 Å². The number of hydrogen-bond acceptors (Lipinski definition) is 4. The van der Waals surface area contributed by atoms with Crippen LogP contribution in [0.2, 0.25) is 0 Å². The number of aromatic hydroxyl groups is 1. The van der Waals surface area contributed by atoms with E-state index in [9.17, 15) is 18.7 Å². The first-order valence-electron chi connectivity index (χ1n) is 8.37. The Hall–Kier alpha value is -2.67. The highest BCUT2D eigenvalue weighted by Gasteiger charge is 2.44.